The van der Waals surface area contributed by atoms with Crippen LogP contribution in [0.5, 0.6) is 0 Å². The van der Waals surface area contributed by atoms with Gasteiger partial charge in [0.15, 0.2) is 0 Å². The van der Waals surface area contributed by atoms with E-state index in [1.54, 1.807) is 7.11 Å². The van der Waals surface area contributed by atoms with Gasteiger partial charge in [-0.1, -0.05) is 24.3 Å². The number of rotatable bonds is 6. The van der Waals surface area contributed by atoms with E-state index in [1.165, 1.54) is 5.56 Å². The van der Waals surface area contributed by atoms with Crippen LogP contribution in [0.4, 0.5) is 0 Å². The van der Waals surface area contributed by atoms with Crippen LogP contribution in [-0.4, -0.2) is 60.7 Å². The number of ether oxygens (including phenoxy) is 1. The molecule has 0 saturated carbocycles. The molecule has 1 aromatic rings. The molecule has 1 N–H and O–H groups in total. The third kappa shape index (κ3) is 4.03. The molecule has 110 valence electrons. The van der Waals surface area contributed by atoms with Crippen LogP contribution in [0.3, 0.4) is 0 Å². The fourth-order valence-electron chi connectivity index (χ4n) is 2.34. The van der Waals surface area contributed by atoms with Gasteiger partial charge in [-0.2, -0.15) is 0 Å². The lowest BCUT2D eigenvalue weighted by Gasteiger charge is -2.34. The van der Waals surface area contributed by atoms with Gasteiger partial charge in [-0.15, -0.1) is 0 Å². The average molecular weight is 278 g/mol. The summed E-state index contributed by atoms with van der Waals surface area (Å²) in [5.74, 6) is 0.167. The standard InChI is InChI=1S/C15H22N2O3/c1-20-9-8-17-7-6-16(11-15(17)19)10-13-2-4-14(12-18)5-3-13/h2-5,18H,6-12H2,1H3. The van der Waals surface area contributed by atoms with Crippen molar-refractivity contribution < 1.29 is 14.6 Å². The van der Waals surface area contributed by atoms with Crippen LogP contribution in [0.25, 0.3) is 0 Å². The van der Waals surface area contributed by atoms with Crippen LogP contribution in [0.15, 0.2) is 24.3 Å². The average Bonchev–Trinajstić information content (AvgIpc) is 2.47. The number of piperazine rings is 1. The zero-order valence-electron chi connectivity index (χ0n) is 11.9. The summed E-state index contributed by atoms with van der Waals surface area (Å²) in [7, 11) is 1.65. The molecule has 5 heteroatoms. The van der Waals surface area contributed by atoms with Gasteiger partial charge in [0.1, 0.15) is 0 Å². The van der Waals surface area contributed by atoms with Crippen molar-refractivity contribution in [1.29, 1.82) is 0 Å². The van der Waals surface area contributed by atoms with Crippen LogP contribution in [0, 0.1) is 0 Å². The monoisotopic (exact) mass is 278 g/mol. The molecule has 0 radical (unpaired) electrons. The SMILES string of the molecule is COCCN1CCN(Cc2ccc(CO)cc2)CC1=O. The lowest BCUT2D eigenvalue weighted by molar-refractivity contribution is -0.136. The molecule has 20 heavy (non-hydrogen) atoms. The first-order valence-electron chi connectivity index (χ1n) is 6.90. The zero-order valence-corrected chi connectivity index (χ0v) is 11.9. The number of carbonyl (C=O) groups is 1. The van der Waals surface area contributed by atoms with E-state index in [4.69, 9.17) is 9.84 Å². The molecule has 1 aromatic carbocycles. The van der Waals surface area contributed by atoms with E-state index in [-0.39, 0.29) is 12.5 Å². The van der Waals surface area contributed by atoms with Gasteiger partial charge in [-0.3, -0.25) is 9.69 Å². The van der Waals surface area contributed by atoms with Crippen LogP contribution in [0.2, 0.25) is 0 Å². The van der Waals surface area contributed by atoms with E-state index in [1.807, 2.05) is 29.2 Å². The minimum Gasteiger partial charge on any atom is -0.392 e. The number of benzene rings is 1. The van der Waals surface area contributed by atoms with Crippen LogP contribution in [0.1, 0.15) is 11.1 Å². The molecule has 1 saturated heterocycles. The van der Waals surface area contributed by atoms with Crippen LogP contribution in [-0.2, 0) is 22.7 Å². The molecule has 0 aliphatic carbocycles. The molecular formula is C15H22N2O3. The fourth-order valence-corrected chi connectivity index (χ4v) is 2.34. The Morgan fingerprint density at radius 1 is 1.20 bits per heavy atom. The number of aliphatic hydroxyl groups excluding tert-OH is 1. The van der Waals surface area contributed by atoms with Crippen LogP contribution < -0.4 is 0 Å². The first-order chi connectivity index (χ1) is 9.72. The summed E-state index contributed by atoms with van der Waals surface area (Å²) in [5, 5.41) is 9.01. The maximum atomic E-state index is 12.0. The Hall–Kier alpha value is -1.43. The number of hydrogen-bond donors (Lipinski definition) is 1. The van der Waals surface area contributed by atoms with E-state index < -0.39 is 0 Å². The van der Waals surface area contributed by atoms with Crippen LogP contribution >= 0.6 is 0 Å². The van der Waals surface area contributed by atoms with Gasteiger partial charge in [0.2, 0.25) is 5.91 Å². The van der Waals surface area contributed by atoms with Crippen molar-refractivity contribution in [3.63, 3.8) is 0 Å². The molecule has 0 atom stereocenters. The molecule has 1 aliphatic rings. The summed E-state index contributed by atoms with van der Waals surface area (Å²) in [5.41, 5.74) is 2.08. The first-order valence-corrected chi connectivity index (χ1v) is 6.90. The van der Waals surface area contributed by atoms with Crippen molar-refractivity contribution in [2.45, 2.75) is 13.2 Å². The van der Waals surface area contributed by atoms with Crippen molar-refractivity contribution in [3.05, 3.63) is 35.4 Å². The molecule has 0 bridgehead atoms. The van der Waals surface area contributed by atoms with Gasteiger partial charge < -0.3 is 14.7 Å². The summed E-state index contributed by atoms with van der Waals surface area (Å²) >= 11 is 0. The lowest BCUT2D eigenvalue weighted by Crippen LogP contribution is -2.50. The Kier molecular flexibility index (Phi) is 5.52. The van der Waals surface area contributed by atoms with Gasteiger partial charge in [0.05, 0.1) is 19.8 Å². The van der Waals surface area contributed by atoms with E-state index in [9.17, 15) is 4.79 Å². The third-order valence-corrected chi connectivity index (χ3v) is 3.57. The van der Waals surface area contributed by atoms with Gasteiger partial charge in [0, 0.05) is 33.3 Å². The molecule has 1 fully saturated rings. The molecule has 0 spiro atoms. The Morgan fingerprint density at radius 3 is 2.50 bits per heavy atom. The highest BCUT2D eigenvalue weighted by Gasteiger charge is 2.23. The van der Waals surface area contributed by atoms with Gasteiger partial charge in [-0.25, -0.2) is 0 Å². The summed E-state index contributed by atoms with van der Waals surface area (Å²) in [6.45, 7) is 4.22. The van der Waals surface area contributed by atoms with Crippen molar-refractivity contribution >= 4 is 5.91 Å². The first kappa shape index (κ1) is 15.0. The Bertz CT molecular complexity index is 433. The van der Waals surface area contributed by atoms with Crippen molar-refractivity contribution in [2.24, 2.45) is 0 Å². The number of hydrogen-bond acceptors (Lipinski definition) is 4. The highest BCUT2D eigenvalue weighted by molar-refractivity contribution is 5.79. The molecule has 1 heterocycles. The van der Waals surface area contributed by atoms with Crippen molar-refractivity contribution in [2.75, 3.05) is 39.9 Å². The highest BCUT2D eigenvalue weighted by Crippen LogP contribution is 2.10. The van der Waals surface area contributed by atoms with Gasteiger partial charge in [0.25, 0.3) is 0 Å². The highest BCUT2D eigenvalue weighted by atomic mass is 16.5. The second-order valence-corrected chi connectivity index (χ2v) is 5.06. The molecule has 1 aliphatic heterocycles. The fraction of sp³-hybridized carbons (Fsp3) is 0.533. The Morgan fingerprint density at radius 2 is 1.90 bits per heavy atom. The van der Waals surface area contributed by atoms with E-state index in [0.29, 0.717) is 19.7 Å². The normalized spacial score (nSPS) is 16.7. The third-order valence-electron chi connectivity index (χ3n) is 3.57. The molecule has 5 nitrogen and oxygen atoms in total. The number of aliphatic hydroxyl groups is 1. The lowest BCUT2D eigenvalue weighted by atomic mass is 10.1. The summed E-state index contributed by atoms with van der Waals surface area (Å²) < 4.78 is 5.01. The quantitative estimate of drug-likeness (QED) is 0.822. The van der Waals surface area contributed by atoms with E-state index in [0.717, 1.165) is 25.2 Å². The predicted molar refractivity (Wildman–Crippen MR) is 76.1 cm³/mol. The number of amides is 1. The Labute approximate surface area is 119 Å². The number of carbonyl (C=O) groups excluding carboxylic acids is 1. The second kappa shape index (κ2) is 7.38. The summed E-state index contributed by atoms with van der Waals surface area (Å²) in [6.07, 6.45) is 0. The van der Waals surface area contributed by atoms with Gasteiger partial charge >= 0.3 is 0 Å². The molecule has 2 rings (SSSR count). The minimum absolute atomic E-state index is 0.0664. The van der Waals surface area contributed by atoms with Crippen molar-refractivity contribution in [1.82, 2.24) is 9.80 Å². The zero-order chi connectivity index (χ0) is 14.4. The minimum atomic E-state index is 0.0664. The van der Waals surface area contributed by atoms with Gasteiger partial charge in [-0.05, 0) is 11.1 Å². The number of nitrogens with zero attached hydrogens (tertiary/aromatic N) is 2. The number of methoxy groups -OCH3 is 1. The topological polar surface area (TPSA) is 53.0 Å². The predicted octanol–water partition coefficient (Wildman–Crippen LogP) is 0.469. The largest absolute Gasteiger partial charge is 0.392 e. The van der Waals surface area contributed by atoms with Crippen molar-refractivity contribution in [3.8, 4) is 0 Å². The summed E-state index contributed by atoms with van der Waals surface area (Å²) in [4.78, 5) is 16.0. The molecule has 0 aromatic heterocycles. The summed E-state index contributed by atoms with van der Waals surface area (Å²) in [6, 6.07) is 7.86. The maximum Gasteiger partial charge on any atom is 0.236 e. The maximum absolute atomic E-state index is 12.0. The van der Waals surface area contributed by atoms with E-state index >= 15 is 0 Å². The smallest absolute Gasteiger partial charge is 0.236 e. The Balaban J connectivity index is 1.84. The molecular weight excluding hydrogens is 256 g/mol. The second-order valence-electron chi connectivity index (χ2n) is 5.06. The molecule has 1 amide bonds. The van der Waals surface area contributed by atoms with E-state index in [2.05, 4.69) is 4.90 Å². The molecule has 0 unspecified atom stereocenters.